The average Bonchev–Trinajstić information content (AvgIpc) is 2.84. The summed E-state index contributed by atoms with van der Waals surface area (Å²) in [5.41, 5.74) is 0.596. The second-order valence-corrected chi connectivity index (χ2v) is 9.45. The number of carbonyl (C=O) groups is 2. The topological polar surface area (TPSA) is 67.9 Å². The van der Waals surface area contributed by atoms with Crippen molar-refractivity contribution in [3.8, 4) is 5.75 Å². The van der Waals surface area contributed by atoms with E-state index >= 15 is 0 Å². The molecule has 0 radical (unpaired) electrons. The smallest absolute Gasteiger partial charge is 0.303 e. The van der Waals surface area contributed by atoms with Gasteiger partial charge >= 0.3 is 5.97 Å². The van der Waals surface area contributed by atoms with Crippen molar-refractivity contribution in [3.05, 3.63) is 78.4 Å². The zero-order chi connectivity index (χ0) is 24.2. The van der Waals surface area contributed by atoms with E-state index in [0.717, 1.165) is 37.2 Å². The molecule has 180 valence electrons. The van der Waals surface area contributed by atoms with Crippen LogP contribution < -0.4 is 10.1 Å². The molecule has 2 aliphatic rings. The molecule has 6 heteroatoms. The molecule has 0 aromatic heterocycles. The fraction of sp³-hybridized carbons (Fsp3) is 0.429. The molecule has 0 bridgehead atoms. The van der Waals surface area contributed by atoms with E-state index in [2.05, 4.69) is 28.9 Å². The highest BCUT2D eigenvalue weighted by Gasteiger charge is 2.60. The van der Waals surface area contributed by atoms with Gasteiger partial charge in [-0.1, -0.05) is 36.4 Å². The van der Waals surface area contributed by atoms with Crippen molar-refractivity contribution in [3.63, 3.8) is 0 Å². The fourth-order valence-corrected chi connectivity index (χ4v) is 5.93. The number of esters is 1. The lowest BCUT2D eigenvalue weighted by Crippen LogP contribution is -2.68. The minimum absolute atomic E-state index is 0.0338. The van der Waals surface area contributed by atoms with Crippen molar-refractivity contribution in [2.45, 2.75) is 49.7 Å². The second-order valence-electron chi connectivity index (χ2n) is 9.45. The predicted molar refractivity (Wildman–Crippen MR) is 132 cm³/mol. The van der Waals surface area contributed by atoms with E-state index in [1.165, 1.54) is 6.92 Å². The molecule has 0 spiro atoms. The summed E-state index contributed by atoms with van der Waals surface area (Å²) in [4.78, 5) is 27.7. The van der Waals surface area contributed by atoms with E-state index in [1.807, 2.05) is 48.5 Å². The van der Waals surface area contributed by atoms with Crippen LogP contribution in [0.15, 0.2) is 67.3 Å². The first-order chi connectivity index (χ1) is 16.4. The summed E-state index contributed by atoms with van der Waals surface area (Å²) >= 11 is 0. The monoisotopic (exact) mass is 462 g/mol. The van der Waals surface area contributed by atoms with Crippen LogP contribution in [-0.4, -0.2) is 55.2 Å². The summed E-state index contributed by atoms with van der Waals surface area (Å²) in [5, 5.41) is 3.26. The Bertz CT molecular complexity index is 1040. The number of methoxy groups -OCH3 is 1. The molecule has 34 heavy (non-hydrogen) atoms. The molecule has 1 aliphatic heterocycles. The molecule has 2 aromatic carbocycles. The molecular formula is C28H34N2O4. The molecule has 1 amide bonds. The maximum absolute atomic E-state index is 13.0. The number of piperidine rings is 1. The van der Waals surface area contributed by atoms with Gasteiger partial charge in [0, 0.05) is 37.0 Å². The first-order valence-electron chi connectivity index (χ1n) is 11.9. The summed E-state index contributed by atoms with van der Waals surface area (Å²) in [6, 6.07) is 17.3. The van der Waals surface area contributed by atoms with Crippen molar-refractivity contribution < 1.29 is 19.1 Å². The number of hydrogen-bond donors (Lipinski definition) is 1. The van der Waals surface area contributed by atoms with Crippen LogP contribution in [0.1, 0.15) is 48.5 Å². The van der Waals surface area contributed by atoms with E-state index in [9.17, 15) is 9.59 Å². The second kappa shape index (κ2) is 10.0. The van der Waals surface area contributed by atoms with Crippen LogP contribution >= 0.6 is 0 Å². The Morgan fingerprint density at radius 3 is 2.68 bits per heavy atom. The molecule has 1 N–H and O–H groups in total. The largest absolute Gasteiger partial charge is 0.497 e. The van der Waals surface area contributed by atoms with Gasteiger partial charge in [0.2, 0.25) is 0 Å². The van der Waals surface area contributed by atoms with Crippen LogP contribution in [0, 0.1) is 0 Å². The van der Waals surface area contributed by atoms with Gasteiger partial charge in [0.1, 0.15) is 11.4 Å². The first-order valence-corrected chi connectivity index (χ1v) is 11.9. The Morgan fingerprint density at radius 1 is 1.18 bits per heavy atom. The molecule has 3 atom stereocenters. The number of benzene rings is 2. The van der Waals surface area contributed by atoms with Gasteiger partial charge in [-0.05, 0) is 62.1 Å². The number of hydrogen-bond acceptors (Lipinski definition) is 5. The molecular weight excluding hydrogens is 428 g/mol. The zero-order valence-corrected chi connectivity index (χ0v) is 20.1. The highest BCUT2D eigenvalue weighted by Crippen LogP contribution is 2.54. The van der Waals surface area contributed by atoms with E-state index in [0.29, 0.717) is 24.9 Å². The maximum Gasteiger partial charge on any atom is 0.303 e. The van der Waals surface area contributed by atoms with Crippen LogP contribution in [0.5, 0.6) is 5.75 Å². The Balaban J connectivity index is 1.73. The summed E-state index contributed by atoms with van der Waals surface area (Å²) < 4.78 is 11.8. The highest BCUT2D eigenvalue weighted by atomic mass is 16.6. The normalized spacial score (nSPS) is 26.7. The van der Waals surface area contributed by atoms with Crippen LogP contribution in [0.3, 0.4) is 0 Å². The van der Waals surface area contributed by atoms with Crippen molar-refractivity contribution >= 4 is 11.9 Å². The summed E-state index contributed by atoms with van der Waals surface area (Å²) in [5.74, 6) is 0.419. The van der Waals surface area contributed by atoms with Crippen LogP contribution in [0.4, 0.5) is 0 Å². The number of nitrogens with zero attached hydrogens (tertiary/aromatic N) is 1. The number of nitrogens with one attached hydrogen (secondary N) is 1. The van der Waals surface area contributed by atoms with Crippen LogP contribution in [-0.2, 0) is 14.9 Å². The van der Waals surface area contributed by atoms with Crippen LogP contribution in [0.2, 0.25) is 0 Å². The predicted octanol–water partition coefficient (Wildman–Crippen LogP) is 4.11. The lowest BCUT2D eigenvalue weighted by Gasteiger charge is -2.59. The Hall–Kier alpha value is -3.12. The quantitative estimate of drug-likeness (QED) is 0.496. The summed E-state index contributed by atoms with van der Waals surface area (Å²) in [6.45, 7) is 7.62. The van der Waals surface area contributed by atoms with Gasteiger partial charge in [-0.15, -0.1) is 6.58 Å². The van der Waals surface area contributed by atoms with E-state index < -0.39 is 11.0 Å². The molecule has 2 fully saturated rings. The fourth-order valence-electron chi connectivity index (χ4n) is 5.93. The molecule has 1 saturated heterocycles. The Kier molecular flexibility index (Phi) is 7.08. The van der Waals surface area contributed by atoms with E-state index in [-0.39, 0.29) is 17.9 Å². The number of ether oxygens (including phenoxy) is 2. The molecule has 2 unspecified atom stereocenters. The number of fused-ring (bicyclic) bond motifs is 1. The van der Waals surface area contributed by atoms with E-state index in [4.69, 9.17) is 9.47 Å². The molecule has 6 nitrogen and oxygen atoms in total. The number of carbonyl (C=O) groups excluding carboxylic acids is 2. The SMILES string of the molecule is C=CCN1CCC2(c3cccc(OC)c3)C[C@@H](NC(=O)c3ccccc3)CCC2(OC(C)=O)C1. The van der Waals surface area contributed by atoms with Crippen molar-refractivity contribution in [2.75, 3.05) is 26.7 Å². The first kappa shape index (κ1) is 24.0. The lowest BCUT2D eigenvalue weighted by molar-refractivity contribution is -0.186. The van der Waals surface area contributed by atoms with Gasteiger partial charge in [-0.25, -0.2) is 0 Å². The van der Waals surface area contributed by atoms with Crippen molar-refractivity contribution in [1.29, 1.82) is 0 Å². The van der Waals surface area contributed by atoms with E-state index in [1.54, 1.807) is 7.11 Å². The van der Waals surface area contributed by atoms with Crippen molar-refractivity contribution in [1.82, 2.24) is 10.2 Å². The Morgan fingerprint density at radius 2 is 1.97 bits per heavy atom. The standard InChI is InChI=1S/C28H34N2O4/c1-4-16-30-17-15-27(23-11-8-12-25(18-23)33-3)19-24(13-14-28(27,20-30)34-21(2)31)29-26(32)22-9-6-5-7-10-22/h4-12,18,24H,1,13-17,19-20H2,2-3H3,(H,29,32)/t24-,27?,28?/m0/s1. The third kappa shape index (κ3) is 4.60. The lowest BCUT2D eigenvalue weighted by atomic mass is 9.55. The summed E-state index contributed by atoms with van der Waals surface area (Å²) in [6.07, 6.45) is 4.79. The van der Waals surface area contributed by atoms with Gasteiger partial charge in [-0.3, -0.25) is 14.5 Å². The minimum atomic E-state index is -0.694. The van der Waals surface area contributed by atoms with Gasteiger partial charge in [-0.2, -0.15) is 0 Å². The molecule has 1 aliphatic carbocycles. The minimum Gasteiger partial charge on any atom is -0.497 e. The van der Waals surface area contributed by atoms with Gasteiger partial charge in [0.05, 0.1) is 7.11 Å². The molecule has 2 aromatic rings. The molecule has 4 rings (SSSR count). The number of rotatable bonds is 7. The third-order valence-corrected chi connectivity index (χ3v) is 7.42. The Labute approximate surface area is 201 Å². The third-order valence-electron chi connectivity index (χ3n) is 7.42. The highest BCUT2D eigenvalue weighted by molar-refractivity contribution is 5.94. The number of likely N-dealkylation sites (tertiary alicyclic amines) is 1. The van der Waals surface area contributed by atoms with Gasteiger partial charge in [0.15, 0.2) is 0 Å². The summed E-state index contributed by atoms with van der Waals surface area (Å²) in [7, 11) is 1.66. The zero-order valence-electron chi connectivity index (χ0n) is 20.1. The van der Waals surface area contributed by atoms with Gasteiger partial charge < -0.3 is 14.8 Å². The number of amides is 1. The maximum atomic E-state index is 13.0. The van der Waals surface area contributed by atoms with Gasteiger partial charge in [0.25, 0.3) is 5.91 Å². The average molecular weight is 463 g/mol. The molecule has 1 heterocycles. The van der Waals surface area contributed by atoms with Crippen molar-refractivity contribution in [2.24, 2.45) is 0 Å². The molecule has 1 saturated carbocycles. The van der Waals surface area contributed by atoms with Crippen LogP contribution in [0.25, 0.3) is 0 Å².